The Bertz CT molecular complexity index is 154. The molecule has 2 heteroatoms. The Morgan fingerprint density at radius 1 is 1.31 bits per heavy atom. The predicted octanol–water partition coefficient (Wildman–Crippen LogP) is 3.70. The molecule has 1 aliphatic heterocycles. The maximum absolute atomic E-state index is 4.39. The highest BCUT2D eigenvalue weighted by atomic mass is 32.2. The zero-order valence-corrected chi connectivity index (χ0v) is 9.41. The molecule has 0 amide bonds. The van der Waals surface area contributed by atoms with Crippen LogP contribution in [0.5, 0.6) is 0 Å². The van der Waals surface area contributed by atoms with Gasteiger partial charge in [0.05, 0.1) is 5.04 Å². The summed E-state index contributed by atoms with van der Waals surface area (Å²) in [6.07, 6.45) is 10.4. The van der Waals surface area contributed by atoms with Crippen LogP contribution >= 0.6 is 11.8 Å². The molecule has 1 rings (SSSR count). The van der Waals surface area contributed by atoms with Crippen LogP contribution in [0.4, 0.5) is 0 Å². The Balaban J connectivity index is 1.83. The maximum Gasteiger partial charge on any atom is 0.0714 e. The molecular formula is C11H20NS. The summed E-state index contributed by atoms with van der Waals surface area (Å²) in [6, 6.07) is 0. The molecule has 0 saturated carbocycles. The van der Waals surface area contributed by atoms with Gasteiger partial charge in [-0.1, -0.05) is 39.0 Å². The summed E-state index contributed by atoms with van der Waals surface area (Å²) in [6.45, 7) is 3.29. The molecular weight excluding hydrogens is 178 g/mol. The van der Waals surface area contributed by atoms with Crippen LogP contribution in [0, 0.1) is 6.42 Å². The van der Waals surface area contributed by atoms with Crippen LogP contribution in [-0.2, 0) is 0 Å². The summed E-state index contributed by atoms with van der Waals surface area (Å²) in [5, 5.41) is 1.29. The first-order valence-corrected chi connectivity index (χ1v) is 6.42. The summed E-state index contributed by atoms with van der Waals surface area (Å²) in [7, 11) is 0. The molecule has 0 atom stereocenters. The van der Waals surface area contributed by atoms with E-state index in [1.54, 1.807) is 0 Å². The van der Waals surface area contributed by atoms with E-state index in [4.69, 9.17) is 0 Å². The summed E-state index contributed by atoms with van der Waals surface area (Å²) in [5.41, 5.74) is 0. The van der Waals surface area contributed by atoms with E-state index in [2.05, 4.69) is 18.3 Å². The third-order valence-corrected chi connectivity index (χ3v) is 3.21. The van der Waals surface area contributed by atoms with Gasteiger partial charge in [0, 0.05) is 18.7 Å². The van der Waals surface area contributed by atoms with Gasteiger partial charge >= 0.3 is 0 Å². The van der Waals surface area contributed by atoms with Crippen molar-refractivity contribution >= 4 is 16.8 Å². The molecule has 75 valence electrons. The molecule has 1 aliphatic rings. The standard InChI is InChI=1S/C11H20NS/c1-2-3-4-5-6-7-8-11-12-9-10-13-11/h8H,2-7,9-10H2,1H3. The van der Waals surface area contributed by atoms with Gasteiger partial charge in [-0.15, -0.1) is 11.8 Å². The van der Waals surface area contributed by atoms with Crippen molar-refractivity contribution in [2.45, 2.75) is 45.4 Å². The average Bonchev–Trinajstić information content (AvgIpc) is 2.63. The van der Waals surface area contributed by atoms with Gasteiger partial charge in [-0.25, -0.2) is 0 Å². The van der Waals surface area contributed by atoms with Crippen LogP contribution in [0.2, 0.25) is 0 Å². The van der Waals surface area contributed by atoms with Gasteiger partial charge in [-0.3, -0.25) is 4.99 Å². The van der Waals surface area contributed by atoms with Crippen molar-refractivity contribution in [2.24, 2.45) is 4.99 Å². The van der Waals surface area contributed by atoms with Crippen molar-refractivity contribution in [2.75, 3.05) is 12.3 Å². The second-order valence-corrected chi connectivity index (χ2v) is 4.59. The van der Waals surface area contributed by atoms with E-state index < -0.39 is 0 Å². The first-order chi connectivity index (χ1) is 6.43. The van der Waals surface area contributed by atoms with Gasteiger partial charge in [0.25, 0.3) is 0 Å². The Hall–Kier alpha value is 0.0200. The minimum Gasteiger partial charge on any atom is -0.282 e. The summed E-state index contributed by atoms with van der Waals surface area (Å²) in [4.78, 5) is 4.39. The number of nitrogens with zero attached hydrogens (tertiary/aromatic N) is 1. The third-order valence-electron chi connectivity index (χ3n) is 2.24. The molecule has 13 heavy (non-hydrogen) atoms. The number of hydrogen-bond donors (Lipinski definition) is 0. The highest BCUT2D eigenvalue weighted by molar-refractivity contribution is 8.14. The fourth-order valence-electron chi connectivity index (χ4n) is 1.45. The van der Waals surface area contributed by atoms with E-state index in [0.29, 0.717) is 0 Å². The van der Waals surface area contributed by atoms with Crippen LogP contribution in [0.15, 0.2) is 4.99 Å². The third kappa shape index (κ3) is 5.35. The minimum absolute atomic E-state index is 1.03. The Labute approximate surface area is 86.4 Å². The van der Waals surface area contributed by atoms with E-state index in [-0.39, 0.29) is 0 Å². The molecule has 0 aromatic carbocycles. The molecule has 0 aliphatic carbocycles. The molecule has 0 bridgehead atoms. The highest BCUT2D eigenvalue weighted by Gasteiger charge is 2.05. The Morgan fingerprint density at radius 2 is 2.15 bits per heavy atom. The van der Waals surface area contributed by atoms with Crippen LogP contribution < -0.4 is 0 Å². The lowest BCUT2D eigenvalue weighted by atomic mass is 10.1. The SMILES string of the molecule is CCCCCCC[CH]C1=NCCS1. The number of thioether (sulfide) groups is 1. The first kappa shape index (κ1) is 11.1. The smallest absolute Gasteiger partial charge is 0.0714 e. The minimum atomic E-state index is 1.03. The van der Waals surface area contributed by atoms with Crippen molar-refractivity contribution < 1.29 is 0 Å². The Kier molecular flexibility index (Phi) is 6.34. The number of rotatable bonds is 7. The van der Waals surface area contributed by atoms with Crippen LogP contribution in [0.3, 0.4) is 0 Å². The highest BCUT2D eigenvalue weighted by Crippen LogP contribution is 2.16. The lowest BCUT2D eigenvalue weighted by molar-refractivity contribution is 0.634. The van der Waals surface area contributed by atoms with E-state index in [9.17, 15) is 0 Å². The second-order valence-electron chi connectivity index (χ2n) is 3.48. The second kappa shape index (κ2) is 7.43. The molecule has 0 aromatic heterocycles. The van der Waals surface area contributed by atoms with Gasteiger partial charge in [0.2, 0.25) is 0 Å². The van der Waals surface area contributed by atoms with E-state index in [1.807, 2.05) is 11.8 Å². The van der Waals surface area contributed by atoms with Crippen LogP contribution in [0.1, 0.15) is 45.4 Å². The zero-order valence-electron chi connectivity index (χ0n) is 8.59. The van der Waals surface area contributed by atoms with Gasteiger partial charge in [-0.05, 0) is 6.42 Å². The van der Waals surface area contributed by atoms with E-state index in [0.717, 1.165) is 6.54 Å². The van der Waals surface area contributed by atoms with Gasteiger partial charge in [0.15, 0.2) is 0 Å². The van der Waals surface area contributed by atoms with Crippen molar-refractivity contribution in [1.29, 1.82) is 0 Å². The van der Waals surface area contributed by atoms with Crippen LogP contribution in [-0.4, -0.2) is 17.3 Å². The quantitative estimate of drug-likeness (QED) is 0.568. The Morgan fingerprint density at radius 3 is 2.85 bits per heavy atom. The normalized spacial score (nSPS) is 16.2. The van der Waals surface area contributed by atoms with Gasteiger partial charge < -0.3 is 0 Å². The zero-order chi connectivity index (χ0) is 9.36. The number of unbranched alkanes of at least 4 members (excludes halogenated alkanes) is 5. The molecule has 0 fully saturated rings. The monoisotopic (exact) mass is 198 g/mol. The van der Waals surface area contributed by atoms with Gasteiger partial charge in [0.1, 0.15) is 0 Å². The predicted molar refractivity (Wildman–Crippen MR) is 62.4 cm³/mol. The maximum atomic E-state index is 4.39. The molecule has 0 spiro atoms. The van der Waals surface area contributed by atoms with Crippen LogP contribution in [0.25, 0.3) is 0 Å². The van der Waals surface area contributed by atoms with Crippen molar-refractivity contribution in [3.63, 3.8) is 0 Å². The summed E-state index contributed by atoms with van der Waals surface area (Å²) >= 11 is 1.91. The first-order valence-electron chi connectivity index (χ1n) is 5.44. The fraction of sp³-hybridized carbons (Fsp3) is 0.818. The van der Waals surface area contributed by atoms with Gasteiger partial charge in [-0.2, -0.15) is 0 Å². The van der Waals surface area contributed by atoms with Crippen molar-refractivity contribution in [3.8, 4) is 0 Å². The van der Waals surface area contributed by atoms with E-state index in [1.165, 1.54) is 49.3 Å². The lowest BCUT2D eigenvalue weighted by Crippen LogP contribution is -1.89. The molecule has 0 unspecified atom stereocenters. The molecule has 0 N–H and O–H groups in total. The topological polar surface area (TPSA) is 12.4 Å². The largest absolute Gasteiger partial charge is 0.282 e. The molecule has 1 nitrogen and oxygen atoms in total. The summed E-state index contributed by atoms with van der Waals surface area (Å²) in [5.74, 6) is 1.20. The average molecular weight is 198 g/mol. The van der Waals surface area contributed by atoms with Crippen molar-refractivity contribution in [3.05, 3.63) is 6.42 Å². The molecule has 1 heterocycles. The molecule has 1 radical (unpaired) electrons. The number of aliphatic imine (C=N–C) groups is 1. The fourth-order valence-corrected chi connectivity index (χ4v) is 2.26. The summed E-state index contributed by atoms with van der Waals surface area (Å²) < 4.78 is 0. The molecule has 0 saturated heterocycles. The molecule has 0 aromatic rings. The lowest BCUT2D eigenvalue weighted by Gasteiger charge is -1.99. The number of hydrogen-bond acceptors (Lipinski definition) is 2. The van der Waals surface area contributed by atoms with E-state index >= 15 is 0 Å². The van der Waals surface area contributed by atoms with Crippen molar-refractivity contribution in [1.82, 2.24) is 0 Å².